The molecule has 0 aliphatic rings. The molecule has 16 heavy (non-hydrogen) atoms. The summed E-state index contributed by atoms with van der Waals surface area (Å²) in [6.07, 6.45) is 6.21. The molecule has 2 N–H and O–H groups in total. The lowest BCUT2D eigenvalue weighted by molar-refractivity contribution is -0.142. The third-order valence-electron chi connectivity index (χ3n) is 3.18. The van der Waals surface area contributed by atoms with Crippen molar-refractivity contribution in [3.8, 4) is 0 Å². The minimum Gasteiger partial charge on any atom is -0.481 e. The molecular formula is C13H27NO2. The van der Waals surface area contributed by atoms with Crippen molar-refractivity contribution in [2.45, 2.75) is 71.9 Å². The van der Waals surface area contributed by atoms with Crippen LogP contribution in [0.2, 0.25) is 0 Å². The molecule has 3 nitrogen and oxygen atoms in total. The molecule has 0 aromatic heterocycles. The smallest absolute Gasteiger partial charge is 0.307 e. The molecule has 0 amide bonds. The van der Waals surface area contributed by atoms with E-state index in [1.54, 1.807) is 6.92 Å². The van der Waals surface area contributed by atoms with Crippen molar-refractivity contribution in [3.63, 3.8) is 0 Å². The Morgan fingerprint density at radius 2 is 1.81 bits per heavy atom. The van der Waals surface area contributed by atoms with Gasteiger partial charge in [0.1, 0.15) is 0 Å². The Morgan fingerprint density at radius 3 is 2.31 bits per heavy atom. The summed E-state index contributed by atoms with van der Waals surface area (Å²) in [7, 11) is 0. The van der Waals surface area contributed by atoms with Crippen LogP contribution >= 0.6 is 0 Å². The molecule has 0 saturated carbocycles. The molecule has 0 heterocycles. The van der Waals surface area contributed by atoms with Crippen molar-refractivity contribution >= 4 is 5.97 Å². The predicted octanol–water partition coefficient (Wildman–Crippen LogP) is 3.04. The van der Waals surface area contributed by atoms with Crippen LogP contribution in [0.15, 0.2) is 0 Å². The number of nitrogens with one attached hydrogen (secondary N) is 1. The first-order valence-electron chi connectivity index (χ1n) is 6.47. The van der Waals surface area contributed by atoms with Crippen molar-refractivity contribution in [3.05, 3.63) is 0 Å². The first kappa shape index (κ1) is 15.4. The summed E-state index contributed by atoms with van der Waals surface area (Å²) >= 11 is 0. The Labute approximate surface area is 99.6 Å². The van der Waals surface area contributed by atoms with Crippen LogP contribution in [0.25, 0.3) is 0 Å². The van der Waals surface area contributed by atoms with Crippen molar-refractivity contribution in [1.82, 2.24) is 5.32 Å². The van der Waals surface area contributed by atoms with Crippen LogP contribution in [0.5, 0.6) is 0 Å². The SMILES string of the molecule is CCCCCCC(C)NC(C)C(C)C(=O)O. The normalized spacial score (nSPS) is 16.8. The van der Waals surface area contributed by atoms with Crippen molar-refractivity contribution in [2.75, 3.05) is 0 Å². The molecule has 0 aliphatic carbocycles. The molecule has 0 fully saturated rings. The molecule has 96 valence electrons. The monoisotopic (exact) mass is 229 g/mol. The van der Waals surface area contributed by atoms with Gasteiger partial charge in [0, 0.05) is 12.1 Å². The molecule has 0 rings (SSSR count). The Kier molecular flexibility index (Phi) is 8.26. The van der Waals surface area contributed by atoms with Crippen LogP contribution in [0.3, 0.4) is 0 Å². The van der Waals surface area contributed by atoms with Crippen LogP contribution in [0.4, 0.5) is 0 Å². The Bertz CT molecular complexity index is 194. The second-order valence-electron chi connectivity index (χ2n) is 4.83. The van der Waals surface area contributed by atoms with Crippen LogP contribution in [0, 0.1) is 5.92 Å². The number of carboxylic acid groups (broad SMARTS) is 1. The number of aliphatic carboxylic acids is 1. The third kappa shape index (κ3) is 6.83. The van der Waals surface area contributed by atoms with Gasteiger partial charge in [-0.3, -0.25) is 4.79 Å². The Morgan fingerprint density at radius 1 is 1.19 bits per heavy atom. The van der Waals surface area contributed by atoms with E-state index in [1.165, 1.54) is 25.7 Å². The average molecular weight is 229 g/mol. The highest BCUT2D eigenvalue weighted by atomic mass is 16.4. The van der Waals surface area contributed by atoms with Crippen LogP contribution in [-0.2, 0) is 4.79 Å². The fourth-order valence-electron chi connectivity index (χ4n) is 1.77. The summed E-state index contributed by atoms with van der Waals surface area (Å²) in [5.41, 5.74) is 0. The van der Waals surface area contributed by atoms with Gasteiger partial charge in [0.15, 0.2) is 0 Å². The van der Waals surface area contributed by atoms with E-state index in [0.717, 1.165) is 6.42 Å². The molecule has 0 bridgehead atoms. The second kappa shape index (κ2) is 8.57. The molecule has 0 saturated heterocycles. The highest BCUT2D eigenvalue weighted by molar-refractivity contribution is 5.70. The maximum absolute atomic E-state index is 10.8. The van der Waals surface area contributed by atoms with Gasteiger partial charge in [-0.25, -0.2) is 0 Å². The zero-order chi connectivity index (χ0) is 12.6. The second-order valence-corrected chi connectivity index (χ2v) is 4.83. The van der Waals surface area contributed by atoms with Gasteiger partial charge in [0.2, 0.25) is 0 Å². The van der Waals surface area contributed by atoms with Crippen LogP contribution in [-0.4, -0.2) is 23.2 Å². The quantitative estimate of drug-likeness (QED) is 0.597. The van der Waals surface area contributed by atoms with Crippen molar-refractivity contribution in [2.24, 2.45) is 5.92 Å². The van der Waals surface area contributed by atoms with E-state index in [1.807, 2.05) is 6.92 Å². The first-order valence-corrected chi connectivity index (χ1v) is 6.47. The van der Waals surface area contributed by atoms with E-state index in [0.29, 0.717) is 6.04 Å². The van der Waals surface area contributed by atoms with Gasteiger partial charge in [-0.15, -0.1) is 0 Å². The Hall–Kier alpha value is -0.570. The lowest BCUT2D eigenvalue weighted by Gasteiger charge is -2.22. The third-order valence-corrected chi connectivity index (χ3v) is 3.18. The van der Waals surface area contributed by atoms with Gasteiger partial charge >= 0.3 is 5.97 Å². The van der Waals surface area contributed by atoms with Crippen molar-refractivity contribution < 1.29 is 9.90 Å². The number of carboxylic acids is 1. The zero-order valence-corrected chi connectivity index (χ0v) is 11.1. The number of hydrogen-bond donors (Lipinski definition) is 2. The fraction of sp³-hybridized carbons (Fsp3) is 0.923. The average Bonchev–Trinajstić information content (AvgIpc) is 2.23. The van der Waals surface area contributed by atoms with Crippen LogP contribution in [0.1, 0.15) is 59.8 Å². The van der Waals surface area contributed by atoms with Crippen molar-refractivity contribution in [1.29, 1.82) is 0 Å². The molecule has 0 radical (unpaired) electrons. The summed E-state index contributed by atoms with van der Waals surface area (Å²) in [5.74, 6) is -1.05. The molecule has 0 aromatic rings. The lowest BCUT2D eigenvalue weighted by Crippen LogP contribution is -2.41. The molecule has 3 unspecified atom stereocenters. The standard InChI is InChI=1S/C13H27NO2/c1-5-6-7-8-9-10(2)14-12(4)11(3)13(15)16/h10-12,14H,5-9H2,1-4H3,(H,15,16). The van der Waals surface area contributed by atoms with E-state index >= 15 is 0 Å². The summed E-state index contributed by atoms with van der Waals surface area (Å²) < 4.78 is 0. The van der Waals surface area contributed by atoms with Gasteiger partial charge in [-0.1, -0.05) is 39.5 Å². The maximum atomic E-state index is 10.8. The van der Waals surface area contributed by atoms with Gasteiger partial charge in [-0.2, -0.15) is 0 Å². The van der Waals surface area contributed by atoms with Gasteiger partial charge in [0.05, 0.1) is 5.92 Å². The molecule has 3 atom stereocenters. The molecule has 0 spiro atoms. The number of unbranched alkanes of at least 4 members (excludes halogenated alkanes) is 3. The summed E-state index contributed by atoms with van der Waals surface area (Å²) in [5, 5.41) is 12.2. The molecular weight excluding hydrogens is 202 g/mol. The topological polar surface area (TPSA) is 49.3 Å². The lowest BCUT2D eigenvalue weighted by atomic mass is 10.0. The Balaban J connectivity index is 3.69. The van der Waals surface area contributed by atoms with E-state index in [4.69, 9.17) is 5.11 Å². The maximum Gasteiger partial charge on any atom is 0.307 e. The molecule has 0 aromatic carbocycles. The number of hydrogen-bond acceptors (Lipinski definition) is 2. The number of rotatable bonds is 9. The minimum absolute atomic E-state index is 0.0404. The van der Waals surface area contributed by atoms with E-state index in [-0.39, 0.29) is 12.0 Å². The summed E-state index contributed by atoms with van der Waals surface area (Å²) in [4.78, 5) is 10.8. The molecule has 0 aliphatic heterocycles. The fourth-order valence-corrected chi connectivity index (χ4v) is 1.77. The van der Waals surface area contributed by atoms with Gasteiger partial charge in [0.25, 0.3) is 0 Å². The highest BCUT2D eigenvalue weighted by Gasteiger charge is 2.20. The highest BCUT2D eigenvalue weighted by Crippen LogP contribution is 2.08. The predicted molar refractivity (Wildman–Crippen MR) is 67.6 cm³/mol. The van der Waals surface area contributed by atoms with Gasteiger partial charge < -0.3 is 10.4 Å². The summed E-state index contributed by atoms with van der Waals surface area (Å²) in [6, 6.07) is 0.451. The van der Waals surface area contributed by atoms with E-state index in [9.17, 15) is 4.79 Å². The summed E-state index contributed by atoms with van der Waals surface area (Å²) in [6.45, 7) is 8.04. The number of carbonyl (C=O) groups is 1. The van der Waals surface area contributed by atoms with E-state index in [2.05, 4.69) is 19.2 Å². The molecule has 3 heteroatoms. The minimum atomic E-state index is -0.724. The largest absolute Gasteiger partial charge is 0.481 e. The first-order chi connectivity index (χ1) is 7.49. The van der Waals surface area contributed by atoms with Gasteiger partial charge in [-0.05, 0) is 20.3 Å². The van der Waals surface area contributed by atoms with E-state index < -0.39 is 5.97 Å². The van der Waals surface area contributed by atoms with Crippen LogP contribution < -0.4 is 5.32 Å². The zero-order valence-electron chi connectivity index (χ0n) is 11.1.